The molecule has 0 radical (unpaired) electrons. The molecule has 564 valence electrons. The van der Waals surface area contributed by atoms with Crippen LogP contribution in [-0.2, 0) is 69.5 Å². The van der Waals surface area contributed by atoms with Crippen molar-refractivity contribution in [2.75, 3.05) is 14.8 Å². The first-order chi connectivity index (χ1) is 49.5. The molecule has 0 saturated heterocycles. The Labute approximate surface area is 761 Å². The predicted molar refractivity (Wildman–Crippen MR) is 383 cm³/mol. The fourth-order valence-electron chi connectivity index (χ4n) is 11.9. The Morgan fingerprint density at radius 3 is 1.50 bits per heavy atom. The van der Waals surface area contributed by atoms with Crippen molar-refractivity contribution >= 4 is 160 Å². The van der Waals surface area contributed by atoms with Crippen LogP contribution in [0.15, 0.2) is 181 Å². The standard InChI is InChI=1S/C58H46N4O15S4.C11H7ClO5S.CO2.5Na.O3S.2H2O/c1-29-21-31(3)56(61-78(67,68)49-15-9-11-35-17-19-38(63)25-41(35)49)33(5)54(29)59-37-18-20-39-47(24-37)77-48-28-45(52(81(74,75)76)27-44(48)53(39)40-13-7-8-14-51(40)80(71,72)73)60-55-30(2)22-32(4)57(34(55)6)62-79(69,70)50-16-10-12-36-23-43(58(65)66)46(64)26-42(36)50;12-18(16,17)10-3-1-2-6-4-8(11(14)15)9(13)5-7(6)10;2-1-3;;;;;;1-4(2)3;;/h7-17,20-28,59,61-64H,1-6H3,(H,65,66)(H,71,72,73)(H,74,75,76);1-5,13H,(H,14,15);;;;;;;;2*1H2/q-2;;;5*+1;;;/p-3. The molecule has 0 spiro atoms. The number of aryl methyl sites for hydroxylation is 4. The summed E-state index contributed by atoms with van der Waals surface area (Å²) >= 11 is 0. The minimum Gasteiger partial charge on any atom is -0.870 e. The first-order valence-electron chi connectivity index (χ1n) is 29.9. The summed E-state index contributed by atoms with van der Waals surface area (Å²) in [5.41, 5.74) is 2.77. The number of carboxylic acids is 2. The second-order valence-electron chi connectivity index (χ2n) is 23.2. The molecular formula is C70H54ClN4Na5O27S6. The molecule has 1 aliphatic heterocycles. The van der Waals surface area contributed by atoms with Crippen molar-refractivity contribution in [3.63, 3.8) is 0 Å². The minimum absolute atomic E-state index is 0. The van der Waals surface area contributed by atoms with Crippen LogP contribution in [0.2, 0.25) is 0 Å². The van der Waals surface area contributed by atoms with Crippen molar-refractivity contribution in [1.82, 2.24) is 0 Å². The van der Waals surface area contributed by atoms with Crippen LogP contribution in [-0.4, -0.2) is 113 Å². The van der Waals surface area contributed by atoms with E-state index in [2.05, 4.69) is 31.9 Å². The summed E-state index contributed by atoms with van der Waals surface area (Å²) in [7, 11) is -21.3. The van der Waals surface area contributed by atoms with Gasteiger partial charge in [0.2, 0.25) is 11.0 Å². The first-order valence-corrected chi connectivity index (χ1v) is 39.0. The summed E-state index contributed by atoms with van der Waals surface area (Å²) in [6.07, 6.45) is 0.250. The number of hydrogen-bond acceptors (Lipinski definition) is 26. The Kier molecular flexibility index (Phi) is 37.1. The van der Waals surface area contributed by atoms with Gasteiger partial charge in [-0.15, -0.1) is 47.7 Å². The Morgan fingerprint density at radius 2 is 0.982 bits per heavy atom. The van der Waals surface area contributed by atoms with E-state index in [-0.39, 0.29) is 280 Å². The van der Waals surface area contributed by atoms with E-state index < -0.39 is 98.7 Å². The monoisotopic (exact) mass is 1720 g/mol. The topological polar surface area (TPSA) is 565 Å². The molecule has 11 N–H and O–H groups in total. The van der Waals surface area contributed by atoms with Crippen molar-refractivity contribution in [3.05, 3.63) is 214 Å². The number of phenolic OH excluding ortho intramolecular Hbond substituents is 1. The number of carbonyl (C=O) groups excluding carboxylic acids is 3. The van der Waals surface area contributed by atoms with Crippen LogP contribution in [0.3, 0.4) is 0 Å². The first kappa shape index (κ1) is 102. The molecule has 43 heteroatoms. The van der Waals surface area contributed by atoms with Crippen molar-refractivity contribution in [2.45, 2.75) is 66.0 Å². The van der Waals surface area contributed by atoms with Gasteiger partial charge < -0.3 is 60.1 Å². The van der Waals surface area contributed by atoms with Crippen molar-refractivity contribution in [1.29, 1.82) is 0 Å². The summed E-state index contributed by atoms with van der Waals surface area (Å²) in [5.74, 6) is -4.59. The minimum atomic E-state index is -5.45. The number of fused-ring (bicyclic) bond motifs is 5. The number of nitrogens with one attached hydrogen (secondary N) is 4. The number of aromatic carboxylic acids is 2. The smallest absolute Gasteiger partial charge is 0.870 e. The second kappa shape index (κ2) is 40.9. The summed E-state index contributed by atoms with van der Waals surface area (Å²) in [6.45, 7) is 10.0. The zero-order valence-corrected chi connectivity index (χ0v) is 76.7. The Hall–Kier alpha value is -6.71. The molecule has 0 atom stereocenters. The quantitative estimate of drug-likeness (QED) is 0.0155. The number of hydrogen-bond donors (Lipinski definition) is 8. The molecule has 0 bridgehead atoms. The zero-order chi connectivity index (χ0) is 78.2. The van der Waals surface area contributed by atoms with Gasteiger partial charge in [-0.25, -0.2) is 51.9 Å². The molecular weight excluding hydrogens is 1670 g/mol. The maximum atomic E-state index is 14.2. The summed E-state index contributed by atoms with van der Waals surface area (Å²) in [6, 6.07) is 39.5. The van der Waals surface area contributed by atoms with E-state index in [0.717, 1.165) is 30.3 Å². The molecule has 0 saturated carbocycles. The molecule has 2 aliphatic rings. The van der Waals surface area contributed by atoms with Crippen LogP contribution in [0.5, 0.6) is 17.2 Å². The van der Waals surface area contributed by atoms with E-state index in [1.165, 1.54) is 104 Å². The summed E-state index contributed by atoms with van der Waals surface area (Å²) < 4.78 is 195. The van der Waals surface area contributed by atoms with Crippen molar-refractivity contribution in [3.8, 4) is 39.7 Å². The molecule has 1 aliphatic carbocycles. The van der Waals surface area contributed by atoms with Gasteiger partial charge in [0.15, 0.2) is 0 Å². The van der Waals surface area contributed by atoms with Gasteiger partial charge in [-0.1, -0.05) is 71.2 Å². The number of benzene rings is 11. The second-order valence-corrected chi connectivity index (χ2v) is 32.1. The van der Waals surface area contributed by atoms with Crippen molar-refractivity contribution < 1.29 is 277 Å². The normalized spacial score (nSPS) is 11.2. The molecule has 0 amide bonds. The van der Waals surface area contributed by atoms with Crippen LogP contribution in [0.25, 0.3) is 65.7 Å². The van der Waals surface area contributed by atoms with Gasteiger partial charge in [-0.3, -0.25) is 9.44 Å². The number of carbonyl (C=O) groups is 2. The predicted octanol–water partition coefficient (Wildman–Crippen LogP) is -8.20. The van der Waals surface area contributed by atoms with Gasteiger partial charge in [0.25, 0.3) is 29.1 Å². The van der Waals surface area contributed by atoms with E-state index in [4.69, 9.17) is 42.4 Å². The third-order valence-electron chi connectivity index (χ3n) is 16.3. The molecule has 1 heterocycles. The third kappa shape index (κ3) is 23.1. The largest absolute Gasteiger partial charge is 1.00 e. The molecule has 113 heavy (non-hydrogen) atoms. The van der Waals surface area contributed by atoms with Crippen LogP contribution in [0.1, 0.15) is 54.1 Å². The van der Waals surface area contributed by atoms with Crippen molar-refractivity contribution in [2.24, 2.45) is 0 Å². The molecule has 10 aromatic carbocycles. The third-order valence-corrected chi connectivity index (χ3v) is 22.3. The van der Waals surface area contributed by atoms with Gasteiger partial charge in [0.1, 0.15) is 48.0 Å². The SMILES string of the molecule is Cc1cc(C)c(NS(=O)(=O)c2cccc3c[c-]c(O)cc23)c(C)c1Nc1[c-]cc2c(-c3ccccc3S(=O)(=O)[O-])c3cc(S(=O)(=O)[O-])c(=[NH+]c4c(C)cc(C)c(NS(=O)(=O)c5cccc6cc(C(=O)[O-])c(O)cc56)c4C)cc-3oc2c1.O.O=C(O)c1cc2cccc(S(=O)(=O)Cl)c2cc1O.O=C=O.O=S(=O)=O.[Na+].[Na+].[Na+].[Na+].[Na+].[OH-]. The fraction of sp³-hybridized carbons (Fsp3) is 0.0857. The Bertz CT molecular complexity index is 6580. The number of aromatic hydroxyl groups is 3. The van der Waals surface area contributed by atoms with Crippen LogP contribution in [0.4, 0.5) is 28.4 Å². The van der Waals surface area contributed by atoms with E-state index in [9.17, 15) is 81.2 Å². The average molecular weight is 1730 g/mol. The van der Waals surface area contributed by atoms with E-state index in [0.29, 0.717) is 44.3 Å². The maximum Gasteiger partial charge on any atom is 1.00 e. The van der Waals surface area contributed by atoms with Gasteiger partial charge >= 0.3 is 171 Å². The Balaban J connectivity index is 0.00000116. The molecule has 31 nitrogen and oxygen atoms in total. The molecule has 10 aromatic rings. The maximum absolute atomic E-state index is 14.2. The van der Waals surface area contributed by atoms with Gasteiger partial charge in [0, 0.05) is 60.7 Å². The number of anilines is 4. The van der Waals surface area contributed by atoms with E-state index >= 15 is 0 Å². The summed E-state index contributed by atoms with van der Waals surface area (Å²) in [5, 5.41) is 55.2. The fourth-order valence-corrected chi connectivity index (χ4v) is 17.1. The van der Waals surface area contributed by atoms with E-state index in [1.807, 2.05) is 0 Å². The van der Waals surface area contributed by atoms with Gasteiger partial charge in [-0.2, -0.15) is 27.8 Å². The number of phenols is 3. The van der Waals surface area contributed by atoms with Gasteiger partial charge in [-0.05, 0) is 141 Å². The van der Waals surface area contributed by atoms with Crippen LogP contribution < -0.4 is 178 Å². The summed E-state index contributed by atoms with van der Waals surface area (Å²) in [4.78, 5) is 39.6. The molecule has 0 fully saturated rings. The van der Waals surface area contributed by atoms with Gasteiger partial charge in [0.05, 0.1) is 43.0 Å². The number of carboxylic acid groups (broad SMARTS) is 2. The Morgan fingerprint density at radius 1 is 0.531 bits per heavy atom. The van der Waals surface area contributed by atoms with Crippen LogP contribution >= 0.6 is 10.7 Å². The van der Waals surface area contributed by atoms with E-state index in [1.54, 1.807) is 58.9 Å². The zero-order valence-electron chi connectivity index (χ0n) is 61.1. The molecule has 0 aromatic heterocycles. The number of rotatable bonds is 15. The average Bonchev–Trinajstić information content (AvgIpc) is 0.742. The van der Waals surface area contributed by atoms with Crippen LogP contribution in [0, 0.1) is 53.7 Å². The molecule has 12 rings (SSSR count). The number of halogens is 1. The number of sulfonamides is 2. The molecule has 0 unspecified atom stereocenters.